The van der Waals surface area contributed by atoms with Crippen LogP contribution in [0.1, 0.15) is 0 Å². The number of anilines is 1. The van der Waals surface area contributed by atoms with E-state index < -0.39 is 15.8 Å². The normalized spacial score (nSPS) is 11.2. The molecular formula is C14H14FNO3S. The van der Waals surface area contributed by atoms with Crippen LogP contribution >= 0.6 is 0 Å². The van der Waals surface area contributed by atoms with Crippen molar-refractivity contribution in [3.8, 4) is 5.75 Å². The summed E-state index contributed by atoms with van der Waals surface area (Å²) in [6, 6.07) is 11.7. The molecule has 0 atom stereocenters. The van der Waals surface area contributed by atoms with Gasteiger partial charge in [-0.1, -0.05) is 12.1 Å². The number of sulfonamides is 1. The summed E-state index contributed by atoms with van der Waals surface area (Å²) in [7, 11) is -0.989. The van der Waals surface area contributed by atoms with Gasteiger partial charge in [0.25, 0.3) is 10.0 Å². The van der Waals surface area contributed by atoms with Crippen molar-refractivity contribution in [2.75, 3.05) is 18.5 Å². The molecule has 0 heterocycles. The molecular weight excluding hydrogens is 281 g/mol. The third-order valence-corrected chi connectivity index (χ3v) is 4.70. The molecule has 106 valence electrons. The van der Waals surface area contributed by atoms with Gasteiger partial charge in [0.1, 0.15) is 11.6 Å². The van der Waals surface area contributed by atoms with E-state index in [1.54, 1.807) is 18.2 Å². The second-order valence-electron chi connectivity index (χ2n) is 4.10. The quantitative estimate of drug-likeness (QED) is 0.871. The summed E-state index contributed by atoms with van der Waals surface area (Å²) in [4.78, 5) is 0.0732. The largest absolute Gasteiger partial charge is 0.497 e. The first-order valence-electron chi connectivity index (χ1n) is 5.84. The zero-order valence-corrected chi connectivity index (χ0v) is 11.9. The molecule has 0 aliphatic carbocycles. The maximum Gasteiger partial charge on any atom is 0.264 e. The Kier molecular flexibility index (Phi) is 3.94. The van der Waals surface area contributed by atoms with Crippen molar-refractivity contribution in [1.82, 2.24) is 0 Å². The maximum atomic E-state index is 13.7. The third-order valence-electron chi connectivity index (χ3n) is 2.91. The number of nitrogens with zero attached hydrogens (tertiary/aromatic N) is 1. The van der Waals surface area contributed by atoms with Gasteiger partial charge in [0, 0.05) is 7.05 Å². The monoisotopic (exact) mass is 295 g/mol. The predicted octanol–water partition coefficient (Wildman–Crippen LogP) is 2.66. The van der Waals surface area contributed by atoms with E-state index in [4.69, 9.17) is 4.74 Å². The van der Waals surface area contributed by atoms with E-state index in [1.165, 1.54) is 44.5 Å². The number of benzene rings is 2. The first-order chi connectivity index (χ1) is 9.46. The highest BCUT2D eigenvalue weighted by Crippen LogP contribution is 2.25. The molecule has 0 aliphatic heterocycles. The van der Waals surface area contributed by atoms with Crippen LogP contribution in [0, 0.1) is 5.82 Å². The number of hydrogen-bond donors (Lipinski definition) is 0. The van der Waals surface area contributed by atoms with E-state index >= 15 is 0 Å². The SMILES string of the molecule is COc1ccc(S(=O)(=O)N(C)c2ccccc2F)cc1. The average molecular weight is 295 g/mol. The third kappa shape index (κ3) is 2.60. The molecule has 2 rings (SSSR count). The second kappa shape index (κ2) is 5.50. The van der Waals surface area contributed by atoms with Gasteiger partial charge in [-0.3, -0.25) is 4.31 Å². The number of rotatable bonds is 4. The topological polar surface area (TPSA) is 46.6 Å². The molecule has 2 aromatic carbocycles. The average Bonchev–Trinajstić information content (AvgIpc) is 2.47. The van der Waals surface area contributed by atoms with Crippen LogP contribution in [0.3, 0.4) is 0 Å². The molecule has 6 heteroatoms. The van der Waals surface area contributed by atoms with Crippen LogP contribution in [-0.4, -0.2) is 22.6 Å². The van der Waals surface area contributed by atoms with Gasteiger partial charge in [0.15, 0.2) is 0 Å². The molecule has 20 heavy (non-hydrogen) atoms. The Labute approximate surface area is 117 Å². The molecule has 0 aliphatic rings. The second-order valence-corrected chi connectivity index (χ2v) is 6.07. The van der Waals surface area contributed by atoms with E-state index in [0.717, 1.165) is 4.31 Å². The molecule has 2 aromatic rings. The fourth-order valence-corrected chi connectivity index (χ4v) is 2.95. The molecule has 0 bridgehead atoms. The summed E-state index contributed by atoms with van der Waals surface area (Å²) in [6.07, 6.45) is 0. The Hall–Kier alpha value is -2.08. The van der Waals surface area contributed by atoms with Gasteiger partial charge in [-0.25, -0.2) is 12.8 Å². The summed E-state index contributed by atoms with van der Waals surface area (Å²) in [5.41, 5.74) is 0.00307. The molecule has 0 amide bonds. The minimum Gasteiger partial charge on any atom is -0.497 e. The van der Waals surface area contributed by atoms with E-state index in [1.807, 2.05) is 0 Å². The molecule has 0 saturated carbocycles. The summed E-state index contributed by atoms with van der Waals surface area (Å²) in [5, 5.41) is 0. The predicted molar refractivity (Wildman–Crippen MR) is 75.0 cm³/mol. The van der Waals surface area contributed by atoms with Crippen molar-refractivity contribution in [3.63, 3.8) is 0 Å². The van der Waals surface area contributed by atoms with E-state index in [-0.39, 0.29) is 10.6 Å². The smallest absolute Gasteiger partial charge is 0.264 e. The number of hydrogen-bond acceptors (Lipinski definition) is 3. The van der Waals surface area contributed by atoms with Gasteiger partial charge in [-0.2, -0.15) is 0 Å². The zero-order valence-electron chi connectivity index (χ0n) is 11.1. The van der Waals surface area contributed by atoms with Crippen molar-refractivity contribution in [2.45, 2.75) is 4.90 Å². The van der Waals surface area contributed by atoms with Gasteiger partial charge in [-0.05, 0) is 36.4 Å². The maximum absolute atomic E-state index is 13.7. The molecule has 0 unspecified atom stereocenters. The number of para-hydroxylation sites is 1. The fraction of sp³-hybridized carbons (Fsp3) is 0.143. The lowest BCUT2D eigenvalue weighted by molar-refractivity contribution is 0.414. The molecule has 0 radical (unpaired) electrons. The van der Waals surface area contributed by atoms with Crippen LogP contribution in [0.5, 0.6) is 5.75 Å². The van der Waals surface area contributed by atoms with Crippen LogP contribution in [-0.2, 0) is 10.0 Å². The molecule has 0 saturated heterocycles. The highest BCUT2D eigenvalue weighted by molar-refractivity contribution is 7.92. The van der Waals surface area contributed by atoms with Crippen molar-refractivity contribution in [3.05, 3.63) is 54.3 Å². The van der Waals surface area contributed by atoms with Crippen LogP contribution < -0.4 is 9.04 Å². The number of halogens is 1. The van der Waals surface area contributed by atoms with Crippen LogP contribution in [0.25, 0.3) is 0 Å². The Morgan fingerprint density at radius 1 is 1.05 bits per heavy atom. The minimum atomic E-state index is -3.80. The Bertz CT molecular complexity index is 699. The molecule has 4 nitrogen and oxygen atoms in total. The van der Waals surface area contributed by atoms with Gasteiger partial charge < -0.3 is 4.74 Å². The van der Waals surface area contributed by atoms with Crippen molar-refractivity contribution < 1.29 is 17.5 Å². The zero-order chi connectivity index (χ0) is 14.8. The lowest BCUT2D eigenvalue weighted by Crippen LogP contribution is -2.27. The Balaban J connectivity index is 2.41. The summed E-state index contributed by atoms with van der Waals surface area (Å²) >= 11 is 0. The van der Waals surface area contributed by atoms with Crippen LogP contribution in [0.2, 0.25) is 0 Å². The van der Waals surface area contributed by atoms with Gasteiger partial charge in [0.05, 0.1) is 17.7 Å². The van der Waals surface area contributed by atoms with E-state index in [2.05, 4.69) is 0 Å². The molecule has 0 spiro atoms. The Morgan fingerprint density at radius 3 is 2.20 bits per heavy atom. The van der Waals surface area contributed by atoms with E-state index in [0.29, 0.717) is 5.75 Å². The molecule has 0 N–H and O–H groups in total. The van der Waals surface area contributed by atoms with Gasteiger partial charge >= 0.3 is 0 Å². The number of ether oxygens (including phenoxy) is 1. The summed E-state index contributed by atoms with van der Waals surface area (Å²) < 4.78 is 44.4. The summed E-state index contributed by atoms with van der Waals surface area (Å²) in [6.45, 7) is 0. The first kappa shape index (κ1) is 14.3. The highest BCUT2D eigenvalue weighted by atomic mass is 32.2. The highest BCUT2D eigenvalue weighted by Gasteiger charge is 2.23. The van der Waals surface area contributed by atoms with Crippen LogP contribution in [0.4, 0.5) is 10.1 Å². The first-order valence-corrected chi connectivity index (χ1v) is 7.28. The lowest BCUT2D eigenvalue weighted by Gasteiger charge is -2.20. The van der Waals surface area contributed by atoms with Crippen molar-refractivity contribution in [1.29, 1.82) is 0 Å². The summed E-state index contributed by atoms with van der Waals surface area (Å²) in [5.74, 6) is -0.0374. The van der Waals surface area contributed by atoms with Crippen LogP contribution in [0.15, 0.2) is 53.4 Å². The Morgan fingerprint density at radius 2 is 1.65 bits per heavy atom. The fourth-order valence-electron chi connectivity index (χ4n) is 1.74. The number of methoxy groups -OCH3 is 1. The minimum absolute atomic E-state index is 0.00307. The van der Waals surface area contributed by atoms with E-state index in [9.17, 15) is 12.8 Å². The molecule has 0 aromatic heterocycles. The van der Waals surface area contributed by atoms with Gasteiger partial charge in [-0.15, -0.1) is 0 Å². The van der Waals surface area contributed by atoms with Gasteiger partial charge in [0.2, 0.25) is 0 Å². The standard InChI is InChI=1S/C14H14FNO3S/c1-16(14-6-4-3-5-13(14)15)20(17,18)12-9-7-11(19-2)8-10-12/h3-10H,1-2H3. The van der Waals surface area contributed by atoms with Crippen molar-refractivity contribution >= 4 is 15.7 Å². The lowest BCUT2D eigenvalue weighted by atomic mass is 10.3. The van der Waals surface area contributed by atoms with Crippen molar-refractivity contribution in [2.24, 2.45) is 0 Å². The molecule has 0 fully saturated rings.